The summed E-state index contributed by atoms with van der Waals surface area (Å²) < 4.78 is 41.6. The van der Waals surface area contributed by atoms with Gasteiger partial charge in [-0.1, -0.05) is 19.8 Å². The lowest BCUT2D eigenvalue weighted by atomic mass is 10.1. The fraction of sp³-hybridized carbons (Fsp3) is 0.765. The Morgan fingerprint density at radius 2 is 1.92 bits per heavy atom. The quantitative estimate of drug-likeness (QED) is 0.791. The highest BCUT2D eigenvalue weighted by atomic mass is 19.4. The molecule has 0 atom stereocenters. The molecular formula is C17H27F3N4O. The predicted molar refractivity (Wildman–Crippen MR) is 89.6 cm³/mol. The summed E-state index contributed by atoms with van der Waals surface area (Å²) in [5.74, 6) is -0.680. The maximum Gasteiger partial charge on any atom is 0.435 e. The number of halogens is 3. The van der Waals surface area contributed by atoms with Crippen molar-refractivity contribution in [2.75, 3.05) is 26.7 Å². The molecule has 0 spiro atoms. The predicted octanol–water partition coefficient (Wildman–Crippen LogP) is 3.40. The summed E-state index contributed by atoms with van der Waals surface area (Å²) in [5.41, 5.74) is -1.10. The van der Waals surface area contributed by atoms with Crippen molar-refractivity contribution >= 4 is 5.91 Å². The maximum absolute atomic E-state index is 13.4. The van der Waals surface area contributed by atoms with Gasteiger partial charge in [0.2, 0.25) is 0 Å². The van der Waals surface area contributed by atoms with E-state index >= 15 is 0 Å². The van der Waals surface area contributed by atoms with Crippen molar-refractivity contribution in [3.63, 3.8) is 0 Å². The van der Waals surface area contributed by atoms with E-state index in [0.29, 0.717) is 12.2 Å². The van der Waals surface area contributed by atoms with E-state index in [1.54, 1.807) is 6.92 Å². The van der Waals surface area contributed by atoms with Crippen LogP contribution in [0.2, 0.25) is 0 Å². The van der Waals surface area contributed by atoms with Crippen molar-refractivity contribution in [2.45, 2.75) is 58.2 Å². The summed E-state index contributed by atoms with van der Waals surface area (Å²) in [6.07, 6.45) is -0.512. The molecular weight excluding hydrogens is 333 g/mol. The first kappa shape index (κ1) is 19.8. The molecule has 1 saturated heterocycles. The molecule has 1 aromatic rings. The smallest absolute Gasteiger partial charge is 0.352 e. The molecule has 1 aromatic heterocycles. The number of alkyl halides is 3. The summed E-state index contributed by atoms with van der Waals surface area (Å²) in [4.78, 5) is 14.5. The van der Waals surface area contributed by atoms with E-state index in [1.807, 2.05) is 14.0 Å². The zero-order valence-electron chi connectivity index (χ0n) is 15.1. The van der Waals surface area contributed by atoms with Crippen LogP contribution in [-0.2, 0) is 6.18 Å². The van der Waals surface area contributed by atoms with Gasteiger partial charge in [-0.15, -0.1) is 0 Å². The van der Waals surface area contributed by atoms with Crippen LogP contribution < -0.4 is 5.32 Å². The number of hydrogen-bond acceptors (Lipinski definition) is 3. The molecule has 2 rings (SSSR count). The second kappa shape index (κ2) is 8.21. The van der Waals surface area contributed by atoms with Gasteiger partial charge in [-0.25, -0.2) is 0 Å². The Morgan fingerprint density at radius 3 is 2.48 bits per heavy atom. The first-order chi connectivity index (χ1) is 11.8. The van der Waals surface area contributed by atoms with Crippen molar-refractivity contribution in [1.82, 2.24) is 20.0 Å². The van der Waals surface area contributed by atoms with E-state index in [1.165, 1.54) is 4.68 Å². The first-order valence-corrected chi connectivity index (χ1v) is 8.88. The van der Waals surface area contributed by atoms with Crippen molar-refractivity contribution in [1.29, 1.82) is 0 Å². The molecule has 0 bridgehead atoms. The zero-order chi connectivity index (χ0) is 18.6. The lowest BCUT2D eigenvalue weighted by Gasteiger charge is -2.29. The lowest BCUT2D eigenvalue weighted by molar-refractivity contribution is -0.141. The van der Waals surface area contributed by atoms with Gasteiger partial charge in [0.15, 0.2) is 5.69 Å². The monoisotopic (exact) mass is 360 g/mol. The number of likely N-dealkylation sites (tertiary alicyclic amines) is 1. The number of carbonyl (C=O) groups excluding carboxylic acids is 1. The second-order valence-corrected chi connectivity index (χ2v) is 6.75. The average molecular weight is 360 g/mol. The van der Waals surface area contributed by atoms with Gasteiger partial charge >= 0.3 is 6.18 Å². The normalized spacial score (nSPS) is 17.0. The molecule has 1 aliphatic rings. The molecule has 1 amide bonds. The molecule has 1 fully saturated rings. The number of piperidine rings is 1. The first-order valence-electron chi connectivity index (χ1n) is 8.88. The molecule has 142 valence electrons. The molecule has 0 unspecified atom stereocenters. The molecule has 5 nitrogen and oxygen atoms in total. The highest BCUT2D eigenvalue weighted by molar-refractivity contribution is 5.96. The van der Waals surface area contributed by atoms with Crippen LogP contribution in [0.4, 0.5) is 13.2 Å². The summed E-state index contributed by atoms with van der Waals surface area (Å²) in [7, 11) is 1.99. The van der Waals surface area contributed by atoms with Gasteiger partial charge < -0.3 is 10.2 Å². The Morgan fingerprint density at radius 1 is 1.28 bits per heavy atom. The summed E-state index contributed by atoms with van der Waals surface area (Å²) in [6, 6.07) is -0.0982. The number of rotatable bonds is 6. The minimum Gasteiger partial charge on any atom is -0.352 e. The SMILES string of the molecule is CCCCCNC(=O)c1c(C(F)(F)F)nn(C2CCN(C)CC2)c1C. The molecule has 0 saturated carbocycles. The second-order valence-electron chi connectivity index (χ2n) is 6.75. The summed E-state index contributed by atoms with van der Waals surface area (Å²) in [5, 5.41) is 6.42. The topological polar surface area (TPSA) is 50.2 Å². The van der Waals surface area contributed by atoms with Crippen LogP contribution in [0.25, 0.3) is 0 Å². The minimum atomic E-state index is -4.64. The van der Waals surface area contributed by atoms with Crippen LogP contribution >= 0.6 is 0 Å². The summed E-state index contributed by atoms with van der Waals surface area (Å²) in [6.45, 7) is 5.58. The fourth-order valence-corrected chi connectivity index (χ4v) is 3.25. The molecule has 2 heterocycles. The molecule has 1 aliphatic heterocycles. The standard InChI is InChI=1S/C17H27F3N4O/c1-4-5-6-9-21-16(25)14-12(2)24(22-15(14)17(18,19)20)13-7-10-23(3)11-8-13/h13H,4-11H2,1-3H3,(H,21,25). The van der Waals surface area contributed by atoms with Gasteiger partial charge in [0.05, 0.1) is 11.6 Å². The molecule has 25 heavy (non-hydrogen) atoms. The Hall–Kier alpha value is -1.57. The Bertz CT molecular complexity index is 589. The van der Waals surface area contributed by atoms with Crippen LogP contribution in [0.1, 0.15) is 66.8 Å². The number of nitrogens with zero attached hydrogens (tertiary/aromatic N) is 3. The minimum absolute atomic E-state index is 0.0982. The third-order valence-electron chi connectivity index (χ3n) is 4.75. The van der Waals surface area contributed by atoms with Crippen LogP contribution in [0.5, 0.6) is 0 Å². The molecule has 0 radical (unpaired) electrons. The Labute approximate surface area is 146 Å². The highest BCUT2D eigenvalue weighted by Gasteiger charge is 2.41. The van der Waals surface area contributed by atoms with Crippen molar-refractivity contribution in [3.8, 4) is 0 Å². The van der Waals surface area contributed by atoms with Gasteiger partial charge in [-0.2, -0.15) is 18.3 Å². The lowest BCUT2D eigenvalue weighted by Crippen LogP contribution is -2.32. The van der Waals surface area contributed by atoms with Gasteiger partial charge in [0.25, 0.3) is 5.91 Å². The molecule has 1 N–H and O–H groups in total. The van der Waals surface area contributed by atoms with E-state index in [4.69, 9.17) is 0 Å². The van der Waals surface area contributed by atoms with Crippen molar-refractivity contribution < 1.29 is 18.0 Å². The van der Waals surface area contributed by atoms with E-state index in [2.05, 4.69) is 15.3 Å². The number of nitrogens with one attached hydrogen (secondary N) is 1. The summed E-state index contributed by atoms with van der Waals surface area (Å²) >= 11 is 0. The zero-order valence-corrected chi connectivity index (χ0v) is 15.1. The maximum atomic E-state index is 13.4. The Kier molecular flexibility index (Phi) is 6.48. The number of unbranched alkanes of at least 4 members (excludes halogenated alkanes) is 2. The van der Waals surface area contributed by atoms with E-state index in [9.17, 15) is 18.0 Å². The van der Waals surface area contributed by atoms with Gasteiger partial charge in [0, 0.05) is 12.2 Å². The van der Waals surface area contributed by atoms with Crippen LogP contribution in [-0.4, -0.2) is 47.3 Å². The third kappa shape index (κ3) is 4.74. The molecule has 8 heteroatoms. The molecule has 0 aromatic carbocycles. The van der Waals surface area contributed by atoms with Crippen LogP contribution in [0.15, 0.2) is 0 Å². The third-order valence-corrected chi connectivity index (χ3v) is 4.75. The Balaban J connectivity index is 2.26. The fourth-order valence-electron chi connectivity index (χ4n) is 3.25. The van der Waals surface area contributed by atoms with E-state index in [0.717, 1.165) is 45.2 Å². The van der Waals surface area contributed by atoms with Crippen LogP contribution in [0, 0.1) is 6.92 Å². The highest BCUT2D eigenvalue weighted by Crippen LogP contribution is 2.34. The van der Waals surface area contributed by atoms with Crippen LogP contribution in [0.3, 0.4) is 0 Å². The number of aromatic nitrogens is 2. The number of carbonyl (C=O) groups is 1. The number of amides is 1. The van der Waals surface area contributed by atoms with Gasteiger partial charge in [-0.3, -0.25) is 9.48 Å². The van der Waals surface area contributed by atoms with E-state index in [-0.39, 0.29) is 11.6 Å². The number of hydrogen-bond donors (Lipinski definition) is 1. The largest absolute Gasteiger partial charge is 0.435 e. The van der Waals surface area contributed by atoms with Gasteiger partial charge in [-0.05, 0) is 46.3 Å². The van der Waals surface area contributed by atoms with Crippen molar-refractivity contribution in [3.05, 3.63) is 17.0 Å². The average Bonchev–Trinajstić information content (AvgIpc) is 2.90. The van der Waals surface area contributed by atoms with Crippen molar-refractivity contribution in [2.24, 2.45) is 0 Å². The van der Waals surface area contributed by atoms with E-state index < -0.39 is 17.8 Å². The molecule has 0 aliphatic carbocycles. The van der Waals surface area contributed by atoms with Gasteiger partial charge in [0.1, 0.15) is 0 Å².